The van der Waals surface area contributed by atoms with Crippen molar-refractivity contribution in [1.29, 1.82) is 0 Å². The number of hydrogen-bond donors (Lipinski definition) is 0. The molecule has 1 spiro atoms. The molecule has 1 aromatic carbocycles. The van der Waals surface area contributed by atoms with E-state index >= 15 is 0 Å². The molecule has 9 nitrogen and oxygen atoms in total. The topological polar surface area (TPSA) is 92.5 Å². The Kier molecular flexibility index (Phi) is 2.94. The van der Waals surface area contributed by atoms with Crippen molar-refractivity contribution >= 4 is 0 Å². The number of likely N-dealkylation sites (tertiary alicyclic amines) is 1. The molecule has 0 aromatic heterocycles. The lowest BCUT2D eigenvalue weighted by atomic mass is 9.47. The Hall–Kier alpha value is -2.36. The second-order valence-corrected chi connectivity index (χ2v) is 8.10. The summed E-state index contributed by atoms with van der Waals surface area (Å²) in [5, 5.41) is 12.9. The summed E-state index contributed by atoms with van der Waals surface area (Å²) < 4.78 is 17.6. The van der Waals surface area contributed by atoms with Gasteiger partial charge in [-0.2, -0.15) is 0 Å². The van der Waals surface area contributed by atoms with Crippen molar-refractivity contribution in [3.63, 3.8) is 0 Å². The first-order valence-electron chi connectivity index (χ1n) is 9.33. The van der Waals surface area contributed by atoms with E-state index in [0.29, 0.717) is 30.2 Å². The molecule has 3 aliphatic heterocycles. The highest BCUT2D eigenvalue weighted by molar-refractivity contribution is 5.65. The van der Waals surface area contributed by atoms with Gasteiger partial charge in [-0.25, -0.2) is 9.78 Å². The minimum Gasteiger partial charge on any atom is -0.497 e. The highest BCUT2D eigenvalue weighted by Gasteiger charge is 2.86. The fourth-order valence-corrected chi connectivity index (χ4v) is 6.46. The second-order valence-electron chi connectivity index (χ2n) is 8.10. The molecule has 4 bridgehead atoms. The third kappa shape index (κ3) is 1.41. The number of piperidine rings is 1. The molecule has 3 heterocycles. The van der Waals surface area contributed by atoms with Crippen LogP contribution in [0.3, 0.4) is 0 Å². The molecule has 148 valence electrons. The van der Waals surface area contributed by atoms with Gasteiger partial charge in [0.15, 0.2) is 23.7 Å². The zero-order chi connectivity index (χ0) is 19.4. The lowest BCUT2D eigenvalue weighted by Crippen LogP contribution is -2.84. The predicted octanol–water partition coefficient (Wildman–Crippen LogP) is 1.34. The normalized spacial score (nSPS) is 41.8. The largest absolute Gasteiger partial charge is 0.497 e. The first-order chi connectivity index (χ1) is 13.5. The van der Waals surface area contributed by atoms with Gasteiger partial charge in [-0.05, 0) is 37.7 Å². The molecule has 2 saturated heterocycles. The summed E-state index contributed by atoms with van der Waals surface area (Å²) in [7, 11) is 5.03. The first-order valence-corrected chi connectivity index (χ1v) is 9.33. The molecule has 0 N–H and O–H groups in total. The van der Waals surface area contributed by atoms with Crippen LogP contribution in [0.15, 0.2) is 24.0 Å². The number of likely N-dealkylation sites (N-methyl/N-ethyl adjacent to an activating group) is 1. The maximum Gasteiger partial charge on any atom is 0.286 e. The number of nitro groups is 1. The summed E-state index contributed by atoms with van der Waals surface area (Å²) in [6, 6.07) is 3.26. The fraction of sp³-hybridized carbons (Fsp3) is 0.579. The summed E-state index contributed by atoms with van der Waals surface area (Å²) in [5.74, 6) is 1.64. The van der Waals surface area contributed by atoms with Crippen molar-refractivity contribution in [3.05, 3.63) is 45.2 Å². The van der Waals surface area contributed by atoms with Crippen LogP contribution < -0.4 is 9.47 Å². The van der Waals surface area contributed by atoms with Crippen molar-refractivity contribution < 1.29 is 28.9 Å². The molecule has 2 aliphatic carbocycles. The van der Waals surface area contributed by atoms with Gasteiger partial charge in [0.1, 0.15) is 23.3 Å². The van der Waals surface area contributed by atoms with Gasteiger partial charge < -0.3 is 14.2 Å². The van der Waals surface area contributed by atoms with E-state index < -0.39 is 35.3 Å². The lowest BCUT2D eigenvalue weighted by molar-refractivity contribution is -0.645. The summed E-state index contributed by atoms with van der Waals surface area (Å²) in [4.78, 5) is 26.2. The Morgan fingerprint density at radius 3 is 2.82 bits per heavy atom. The molecule has 0 saturated carbocycles. The number of fused-ring (bicyclic) bond motifs is 1. The minimum absolute atomic E-state index is 0.162. The number of nitrogens with zero attached hydrogens (tertiary/aromatic N) is 2. The van der Waals surface area contributed by atoms with Gasteiger partial charge in [-0.15, -0.1) is 0 Å². The van der Waals surface area contributed by atoms with Crippen molar-refractivity contribution in [2.75, 3.05) is 27.8 Å². The summed E-state index contributed by atoms with van der Waals surface area (Å²) >= 11 is 0. The molecule has 0 amide bonds. The number of ether oxygens (including phenoxy) is 3. The fourth-order valence-electron chi connectivity index (χ4n) is 6.46. The Balaban J connectivity index is 1.80. The first kappa shape index (κ1) is 16.6. The zero-order valence-corrected chi connectivity index (χ0v) is 15.7. The number of rotatable bonds is 3. The highest BCUT2D eigenvalue weighted by Crippen LogP contribution is 2.70. The SMILES string of the molecule is COC1=C[C@H]2OO[C@H]3c4ccc(OC)c5c4[C@@]4(CCN(C)C3[C@]24[N+](=O)[O-])[C@H]1O5. The second kappa shape index (κ2) is 4.97. The summed E-state index contributed by atoms with van der Waals surface area (Å²) in [6.45, 7) is 0.680. The molecule has 2 fully saturated rings. The lowest BCUT2D eigenvalue weighted by Gasteiger charge is -2.63. The van der Waals surface area contributed by atoms with Crippen LogP contribution in [0.5, 0.6) is 11.5 Å². The minimum atomic E-state index is -1.44. The number of methoxy groups -OCH3 is 2. The smallest absolute Gasteiger partial charge is 0.286 e. The van der Waals surface area contributed by atoms with Crippen molar-refractivity contribution in [1.82, 2.24) is 4.90 Å². The van der Waals surface area contributed by atoms with Gasteiger partial charge in [0.25, 0.3) is 5.54 Å². The van der Waals surface area contributed by atoms with Crippen molar-refractivity contribution in [3.8, 4) is 11.5 Å². The molecule has 6 atom stereocenters. The molecule has 0 radical (unpaired) electrons. The molecule has 5 aliphatic rings. The maximum atomic E-state index is 12.9. The predicted molar refractivity (Wildman–Crippen MR) is 93.6 cm³/mol. The van der Waals surface area contributed by atoms with Gasteiger partial charge in [0.05, 0.1) is 14.2 Å². The maximum absolute atomic E-state index is 12.9. The molecular weight excluding hydrogens is 368 g/mol. The van der Waals surface area contributed by atoms with E-state index in [0.717, 1.165) is 11.1 Å². The van der Waals surface area contributed by atoms with Crippen LogP contribution in [0.2, 0.25) is 0 Å². The van der Waals surface area contributed by atoms with Crippen LogP contribution >= 0.6 is 0 Å². The third-order valence-corrected chi connectivity index (χ3v) is 7.40. The quantitative estimate of drug-likeness (QED) is 0.435. The highest BCUT2D eigenvalue weighted by atomic mass is 17.2. The third-order valence-electron chi connectivity index (χ3n) is 7.40. The molecule has 28 heavy (non-hydrogen) atoms. The Morgan fingerprint density at radius 1 is 1.29 bits per heavy atom. The average Bonchev–Trinajstić information content (AvgIpc) is 3.04. The van der Waals surface area contributed by atoms with Crippen LogP contribution in [-0.2, 0) is 19.9 Å². The van der Waals surface area contributed by atoms with E-state index in [1.807, 2.05) is 24.1 Å². The van der Waals surface area contributed by atoms with Crippen LogP contribution in [0.1, 0.15) is 23.7 Å². The van der Waals surface area contributed by atoms with Crippen LogP contribution in [-0.4, -0.2) is 61.4 Å². The van der Waals surface area contributed by atoms with Crippen LogP contribution in [0, 0.1) is 10.1 Å². The van der Waals surface area contributed by atoms with Crippen molar-refractivity contribution in [2.45, 2.75) is 41.7 Å². The van der Waals surface area contributed by atoms with Gasteiger partial charge in [-0.3, -0.25) is 15.0 Å². The van der Waals surface area contributed by atoms with Crippen LogP contribution in [0.4, 0.5) is 0 Å². The van der Waals surface area contributed by atoms with Crippen LogP contribution in [0.25, 0.3) is 0 Å². The summed E-state index contributed by atoms with van der Waals surface area (Å²) in [5.41, 5.74) is -0.681. The van der Waals surface area contributed by atoms with E-state index in [2.05, 4.69) is 0 Å². The number of benzene rings is 1. The molecule has 1 unspecified atom stereocenters. The Labute approximate surface area is 160 Å². The standard InChI is InChI=1S/C19H20N2O7/c1-20-7-6-18-13-9-4-5-10(24-2)15(13)26-17(18)11(25-3)8-12-19(18,21(22)23)16(20)14(9)28-27-12/h4-5,8,12,14,16-17H,6-7H2,1-3H3/t12-,14+,16?,17+,18+,19-/m1/s1. The van der Waals surface area contributed by atoms with E-state index in [9.17, 15) is 10.1 Å². The van der Waals surface area contributed by atoms with E-state index in [-0.39, 0.29) is 4.92 Å². The average molecular weight is 388 g/mol. The molecule has 9 heteroatoms. The van der Waals surface area contributed by atoms with Gasteiger partial charge in [-0.1, -0.05) is 6.07 Å². The van der Waals surface area contributed by atoms with Gasteiger partial charge in [0.2, 0.25) is 0 Å². The zero-order valence-electron chi connectivity index (χ0n) is 15.7. The van der Waals surface area contributed by atoms with E-state index in [4.69, 9.17) is 24.0 Å². The van der Waals surface area contributed by atoms with E-state index in [1.165, 1.54) is 0 Å². The molecule has 6 rings (SSSR count). The Bertz CT molecular complexity index is 948. The van der Waals surface area contributed by atoms with Gasteiger partial charge in [0, 0.05) is 10.5 Å². The molecular formula is C19H20N2O7. The Morgan fingerprint density at radius 2 is 2.11 bits per heavy atom. The van der Waals surface area contributed by atoms with E-state index in [1.54, 1.807) is 20.3 Å². The summed E-state index contributed by atoms with van der Waals surface area (Å²) in [6.07, 6.45) is 0.123. The van der Waals surface area contributed by atoms with Gasteiger partial charge >= 0.3 is 0 Å². The molecule has 1 aromatic rings. The monoisotopic (exact) mass is 388 g/mol. The van der Waals surface area contributed by atoms with Crippen molar-refractivity contribution in [2.24, 2.45) is 0 Å². The number of hydrogen-bond acceptors (Lipinski definition) is 8.